The van der Waals surface area contributed by atoms with Crippen molar-refractivity contribution in [3.63, 3.8) is 0 Å². The molecule has 2 heterocycles. The fourth-order valence-corrected chi connectivity index (χ4v) is 2.22. The number of rotatable bonds is 4. The lowest BCUT2D eigenvalue weighted by Gasteiger charge is -2.35. The zero-order valence-electron chi connectivity index (χ0n) is 10.6. The number of nitrogens with one attached hydrogen (secondary N) is 1. The van der Waals surface area contributed by atoms with Gasteiger partial charge in [0.25, 0.3) is 0 Å². The summed E-state index contributed by atoms with van der Waals surface area (Å²) < 4.78 is 5.34. The lowest BCUT2D eigenvalue weighted by atomic mass is 9.81. The van der Waals surface area contributed by atoms with Crippen LogP contribution in [0.3, 0.4) is 0 Å². The van der Waals surface area contributed by atoms with Gasteiger partial charge in [-0.2, -0.15) is 0 Å². The molecule has 1 saturated heterocycles. The highest BCUT2D eigenvalue weighted by molar-refractivity contribution is 6.31. The molecule has 2 rings (SSSR count). The fourth-order valence-electron chi connectivity index (χ4n) is 2.12. The Hall–Kier alpha value is -0.840. The van der Waals surface area contributed by atoms with Crippen molar-refractivity contribution in [3.05, 3.63) is 22.8 Å². The third-order valence-corrected chi connectivity index (χ3v) is 3.95. The Kier molecular flexibility index (Phi) is 4.43. The molecule has 0 unspecified atom stereocenters. The summed E-state index contributed by atoms with van der Waals surface area (Å²) in [6, 6.07) is 3.70. The van der Waals surface area contributed by atoms with E-state index in [0.717, 1.165) is 37.6 Å². The predicted octanol–water partition coefficient (Wildman–Crippen LogP) is 2.24. The largest absolute Gasteiger partial charge is 0.396 e. The minimum atomic E-state index is -0.0898. The van der Waals surface area contributed by atoms with Crippen LogP contribution in [0.5, 0.6) is 0 Å². The number of halogens is 1. The van der Waals surface area contributed by atoms with Crippen LogP contribution in [0.15, 0.2) is 12.1 Å². The monoisotopic (exact) mass is 270 g/mol. The van der Waals surface area contributed by atoms with Gasteiger partial charge in [-0.3, -0.25) is 0 Å². The predicted molar refractivity (Wildman–Crippen MR) is 72.0 cm³/mol. The van der Waals surface area contributed by atoms with Crippen LogP contribution in [0.25, 0.3) is 0 Å². The van der Waals surface area contributed by atoms with E-state index in [4.69, 9.17) is 16.3 Å². The van der Waals surface area contributed by atoms with Gasteiger partial charge in [0.15, 0.2) is 0 Å². The smallest absolute Gasteiger partial charge is 0.126 e. The fraction of sp³-hybridized carbons (Fsp3) is 0.615. The molecular formula is C13H19ClN2O2. The van der Waals surface area contributed by atoms with Crippen LogP contribution in [0.1, 0.15) is 18.5 Å². The molecule has 4 nitrogen and oxygen atoms in total. The second-order valence-corrected chi connectivity index (χ2v) is 5.29. The van der Waals surface area contributed by atoms with Gasteiger partial charge < -0.3 is 15.2 Å². The summed E-state index contributed by atoms with van der Waals surface area (Å²) in [6.07, 6.45) is 1.76. The normalized spacial score (nSPS) is 18.6. The van der Waals surface area contributed by atoms with Crippen LogP contribution in [0.2, 0.25) is 5.02 Å². The van der Waals surface area contributed by atoms with E-state index in [1.807, 2.05) is 19.1 Å². The lowest BCUT2D eigenvalue weighted by Crippen LogP contribution is -2.39. The van der Waals surface area contributed by atoms with Crippen molar-refractivity contribution >= 4 is 17.4 Å². The standard InChI is InChI=1S/C13H19ClN2O2/c1-10-11(14)2-3-12(16-10)15-8-13(9-17)4-6-18-7-5-13/h2-3,17H,4-9H2,1H3,(H,15,16). The number of aromatic nitrogens is 1. The molecule has 1 aliphatic heterocycles. The van der Waals surface area contributed by atoms with Gasteiger partial charge in [-0.25, -0.2) is 4.98 Å². The SMILES string of the molecule is Cc1nc(NCC2(CO)CCOCC2)ccc1Cl. The summed E-state index contributed by atoms with van der Waals surface area (Å²) in [5.41, 5.74) is 0.722. The van der Waals surface area contributed by atoms with E-state index in [1.165, 1.54) is 0 Å². The first-order valence-electron chi connectivity index (χ1n) is 6.21. The topological polar surface area (TPSA) is 54.4 Å². The van der Waals surface area contributed by atoms with Crippen molar-refractivity contribution < 1.29 is 9.84 Å². The molecule has 0 bridgehead atoms. The van der Waals surface area contributed by atoms with Gasteiger partial charge in [-0.15, -0.1) is 0 Å². The van der Waals surface area contributed by atoms with Crippen LogP contribution < -0.4 is 5.32 Å². The van der Waals surface area contributed by atoms with Crippen molar-refractivity contribution in [2.24, 2.45) is 5.41 Å². The van der Waals surface area contributed by atoms with Crippen LogP contribution in [-0.2, 0) is 4.74 Å². The van der Waals surface area contributed by atoms with Crippen molar-refractivity contribution in [1.82, 2.24) is 4.98 Å². The molecule has 1 aromatic rings. The van der Waals surface area contributed by atoms with Crippen molar-refractivity contribution in [1.29, 1.82) is 0 Å². The molecule has 5 heteroatoms. The third kappa shape index (κ3) is 3.13. The van der Waals surface area contributed by atoms with E-state index < -0.39 is 0 Å². The summed E-state index contributed by atoms with van der Waals surface area (Å²) in [5.74, 6) is 0.802. The van der Waals surface area contributed by atoms with Gasteiger partial charge in [0, 0.05) is 25.2 Å². The quantitative estimate of drug-likeness (QED) is 0.881. The Morgan fingerprint density at radius 2 is 2.17 bits per heavy atom. The highest BCUT2D eigenvalue weighted by Crippen LogP contribution is 2.30. The number of ether oxygens (including phenoxy) is 1. The minimum Gasteiger partial charge on any atom is -0.396 e. The van der Waals surface area contributed by atoms with Crippen LogP contribution in [-0.4, -0.2) is 36.5 Å². The third-order valence-electron chi connectivity index (χ3n) is 3.55. The van der Waals surface area contributed by atoms with Crippen molar-refractivity contribution in [2.45, 2.75) is 19.8 Å². The van der Waals surface area contributed by atoms with E-state index in [9.17, 15) is 5.11 Å². The zero-order chi connectivity index (χ0) is 13.0. The van der Waals surface area contributed by atoms with Crippen molar-refractivity contribution in [2.75, 3.05) is 31.7 Å². The highest BCUT2D eigenvalue weighted by atomic mass is 35.5. The van der Waals surface area contributed by atoms with Crippen LogP contribution in [0.4, 0.5) is 5.82 Å². The van der Waals surface area contributed by atoms with Crippen molar-refractivity contribution in [3.8, 4) is 0 Å². The molecule has 100 valence electrons. The summed E-state index contributed by atoms with van der Waals surface area (Å²) >= 11 is 5.94. The molecule has 0 atom stereocenters. The second-order valence-electron chi connectivity index (χ2n) is 4.89. The van der Waals surface area contributed by atoms with Gasteiger partial charge in [0.05, 0.1) is 17.3 Å². The molecule has 0 aliphatic carbocycles. The molecule has 18 heavy (non-hydrogen) atoms. The summed E-state index contributed by atoms with van der Waals surface area (Å²) in [4.78, 5) is 4.37. The molecule has 0 saturated carbocycles. The van der Waals surface area contributed by atoms with Gasteiger partial charge in [-0.1, -0.05) is 11.6 Å². The van der Waals surface area contributed by atoms with Gasteiger partial charge >= 0.3 is 0 Å². The Morgan fingerprint density at radius 3 is 2.78 bits per heavy atom. The first kappa shape index (κ1) is 13.6. The van der Waals surface area contributed by atoms with E-state index in [2.05, 4.69) is 10.3 Å². The first-order chi connectivity index (χ1) is 8.65. The second kappa shape index (κ2) is 5.87. The van der Waals surface area contributed by atoms with E-state index in [1.54, 1.807) is 0 Å². The Labute approximate surface area is 112 Å². The Morgan fingerprint density at radius 1 is 1.44 bits per heavy atom. The number of aliphatic hydroxyl groups excluding tert-OH is 1. The number of aliphatic hydroxyl groups is 1. The molecule has 2 N–H and O–H groups in total. The molecule has 0 amide bonds. The molecule has 1 aliphatic rings. The van der Waals surface area contributed by atoms with Gasteiger partial charge in [0.1, 0.15) is 5.82 Å². The maximum atomic E-state index is 9.58. The Balaban J connectivity index is 1.98. The average Bonchev–Trinajstić information content (AvgIpc) is 2.41. The van der Waals surface area contributed by atoms with E-state index in [-0.39, 0.29) is 12.0 Å². The number of nitrogens with zero attached hydrogens (tertiary/aromatic N) is 1. The number of anilines is 1. The molecular weight excluding hydrogens is 252 g/mol. The summed E-state index contributed by atoms with van der Waals surface area (Å²) in [6.45, 7) is 4.20. The van der Waals surface area contributed by atoms with E-state index in [0.29, 0.717) is 11.6 Å². The molecule has 1 aromatic heterocycles. The lowest BCUT2D eigenvalue weighted by molar-refractivity contribution is -0.00861. The number of pyridine rings is 1. The maximum Gasteiger partial charge on any atom is 0.126 e. The Bertz CT molecular complexity index is 406. The minimum absolute atomic E-state index is 0.0898. The van der Waals surface area contributed by atoms with Gasteiger partial charge in [0.2, 0.25) is 0 Å². The number of hydrogen-bond donors (Lipinski definition) is 2. The number of hydrogen-bond acceptors (Lipinski definition) is 4. The van der Waals surface area contributed by atoms with Gasteiger partial charge in [-0.05, 0) is 31.9 Å². The molecule has 0 radical (unpaired) electrons. The summed E-state index contributed by atoms with van der Waals surface area (Å²) in [7, 11) is 0. The zero-order valence-corrected chi connectivity index (χ0v) is 11.3. The van der Waals surface area contributed by atoms with Crippen LogP contribution >= 0.6 is 11.6 Å². The maximum absolute atomic E-state index is 9.58. The highest BCUT2D eigenvalue weighted by Gasteiger charge is 2.31. The van der Waals surface area contributed by atoms with E-state index >= 15 is 0 Å². The summed E-state index contributed by atoms with van der Waals surface area (Å²) in [5, 5.41) is 13.5. The average molecular weight is 271 g/mol. The molecule has 0 aromatic carbocycles. The molecule has 0 spiro atoms. The number of aryl methyl sites for hydroxylation is 1. The van der Waals surface area contributed by atoms with Crippen LogP contribution in [0, 0.1) is 12.3 Å². The first-order valence-corrected chi connectivity index (χ1v) is 6.59. The molecule has 1 fully saturated rings.